The standard InChI is InChI=1S/C15H19FN2/c1-17-9-10-5-3-6-11-12-7-4-8-13(16)15(12)18(2)14(10)11/h4,7-8,10,17H,3,5-6,9H2,1-2H3. The Labute approximate surface area is 107 Å². The molecule has 18 heavy (non-hydrogen) atoms. The van der Waals surface area contributed by atoms with Gasteiger partial charge < -0.3 is 9.88 Å². The van der Waals surface area contributed by atoms with Crippen molar-refractivity contribution in [3.05, 3.63) is 35.3 Å². The summed E-state index contributed by atoms with van der Waals surface area (Å²) in [4.78, 5) is 0. The Bertz CT molecular complexity index is 586. The predicted octanol–water partition coefficient (Wildman–Crippen LogP) is 2.96. The molecule has 1 unspecified atom stereocenters. The van der Waals surface area contributed by atoms with E-state index in [1.807, 2.05) is 20.2 Å². The summed E-state index contributed by atoms with van der Waals surface area (Å²) in [5.74, 6) is 0.406. The number of nitrogens with one attached hydrogen (secondary N) is 1. The average molecular weight is 246 g/mol. The molecule has 2 nitrogen and oxygen atoms in total. The van der Waals surface area contributed by atoms with Crippen LogP contribution in [0.5, 0.6) is 0 Å². The molecule has 3 rings (SSSR count). The van der Waals surface area contributed by atoms with E-state index in [-0.39, 0.29) is 5.82 Å². The van der Waals surface area contributed by atoms with Crippen molar-refractivity contribution < 1.29 is 4.39 Å². The molecule has 0 spiro atoms. The fourth-order valence-electron chi connectivity index (χ4n) is 3.45. The minimum absolute atomic E-state index is 0.104. The van der Waals surface area contributed by atoms with Gasteiger partial charge in [-0.05, 0) is 37.9 Å². The highest BCUT2D eigenvalue weighted by Gasteiger charge is 2.26. The number of nitrogens with zero attached hydrogens (tertiary/aromatic N) is 1. The first-order valence-electron chi connectivity index (χ1n) is 6.64. The quantitative estimate of drug-likeness (QED) is 0.862. The van der Waals surface area contributed by atoms with Crippen LogP contribution in [0, 0.1) is 5.82 Å². The van der Waals surface area contributed by atoms with Crippen LogP contribution in [0.2, 0.25) is 0 Å². The molecule has 1 aliphatic rings. The first kappa shape index (κ1) is 11.7. The predicted molar refractivity (Wildman–Crippen MR) is 72.5 cm³/mol. The Hall–Kier alpha value is -1.35. The number of aryl methyl sites for hydroxylation is 2. The molecule has 1 aromatic heterocycles. The van der Waals surface area contributed by atoms with Crippen LogP contribution in [-0.4, -0.2) is 18.2 Å². The molecule has 0 amide bonds. The number of aromatic nitrogens is 1. The Morgan fingerprint density at radius 1 is 1.44 bits per heavy atom. The number of rotatable bonds is 2. The summed E-state index contributed by atoms with van der Waals surface area (Å²) in [6, 6.07) is 5.43. The van der Waals surface area contributed by atoms with Crippen molar-refractivity contribution in [1.82, 2.24) is 9.88 Å². The SMILES string of the molecule is CNCC1CCCc2c1n(C)c1c(F)cccc21. The molecule has 0 saturated carbocycles. The van der Waals surface area contributed by atoms with Crippen LogP contribution in [0.4, 0.5) is 4.39 Å². The van der Waals surface area contributed by atoms with E-state index in [1.165, 1.54) is 24.1 Å². The summed E-state index contributed by atoms with van der Waals surface area (Å²) in [6.45, 7) is 0.971. The van der Waals surface area contributed by atoms with Crippen LogP contribution < -0.4 is 5.32 Å². The van der Waals surface area contributed by atoms with Crippen molar-refractivity contribution in [3.63, 3.8) is 0 Å². The fourth-order valence-corrected chi connectivity index (χ4v) is 3.45. The molecule has 1 atom stereocenters. The van der Waals surface area contributed by atoms with Gasteiger partial charge in [-0.2, -0.15) is 0 Å². The van der Waals surface area contributed by atoms with E-state index in [0.717, 1.165) is 23.9 Å². The maximum absolute atomic E-state index is 14.0. The zero-order valence-electron chi connectivity index (χ0n) is 11.0. The molecule has 0 radical (unpaired) electrons. The Kier molecular flexibility index (Phi) is 2.86. The zero-order valence-corrected chi connectivity index (χ0v) is 11.0. The fraction of sp³-hybridized carbons (Fsp3) is 0.467. The molecule has 1 aromatic carbocycles. The van der Waals surface area contributed by atoms with E-state index < -0.39 is 0 Å². The third-order valence-electron chi connectivity index (χ3n) is 4.13. The van der Waals surface area contributed by atoms with E-state index in [2.05, 4.69) is 16.0 Å². The monoisotopic (exact) mass is 246 g/mol. The molecule has 0 fully saturated rings. The van der Waals surface area contributed by atoms with Crippen LogP contribution in [-0.2, 0) is 13.5 Å². The summed E-state index contributed by atoms with van der Waals surface area (Å²) >= 11 is 0. The lowest BCUT2D eigenvalue weighted by atomic mass is 9.86. The second-order valence-corrected chi connectivity index (χ2v) is 5.21. The van der Waals surface area contributed by atoms with Crippen molar-refractivity contribution in [1.29, 1.82) is 0 Å². The van der Waals surface area contributed by atoms with Gasteiger partial charge in [0.15, 0.2) is 0 Å². The van der Waals surface area contributed by atoms with Crippen molar-refractivity contribution in [2.45, 2.75) is 25.2 Å². The molecule has 0 bridgehead atoms. The second-order valence-electron chi connectivity index (χ2n) is 5.21. The molecule has 0 saturated heterocycles. The minimum atomic E-state index is -0.104. The number of benzene rings is 1. The van der Waals surface area contributed by atoms with Gasteiger partial charge in [-0.1, -0.05) is 12.1 Å². The van der Waals surface area contributed by atoms with E-state index >= 15 is 0 Å². The van der Waals surface area contributed by atoms with E-state index in [4.69, 9.17) is 0 Å². The smallest absolute Gasteiger partial charge is 0.147 e. The third-order valence-corrected chi connectivity index (χ3v) is 4.13. The maximum Gasteiger partial charge on any atom is 0.147 e. The second kappa shape index (κ2) is 4.39. The van der Waals surface area contributed by atoms with Gasteiger partial charge >= 0.3 is 0 Å². The van der Waals surface area contributed by atoms with Gasteiger partial charge in [0.1, 0.15) is 5.82 Å². The summed E-state index contributed by atoms with van der Waals surface area (Å²) in [7, 11) is 3.98. The normalized spacial score (nSPS) is 19.2. The van der Waals surface area contributed by atoms with Crippen molar-refractivity contribution in [2.24, 2.45) is 7.05 Å². The van der Waals surface area contributed by atoms with E-state index in [9.17, 15) is 4.39 Å². The third kappa shape index (κ3) is 1.57. The highest BCUT2D eigenvalue weighted by atomic mass is 19.1. The number of halogens is 1. The molecule has 1 heterocycles. The first-order valence-corrected chi connectivity index (χ1v) is 6.64. The first-order chi connectivity index (χ1) is 8.74. The van der Waals surface area contributed by atoms with Crippen LogP contribution in [0.1, 0.15) is 30.0 Å². The van der Waals surface area contributed by atoms with Gasteiger partial charge in [-0.3, -0.25) is 0 Å². The van der Waals surface area contributed by atoms with Gasteiger partial charge in [0, 0.05) is 30.6 Å². The lowest BCUT2D eigenvalue weighted by Gasteiger charge is -2.24. The molecule has 3 heteroatoms. The van der Waals surface area contributed by atoms with Crippen LogP contribution in [0.25, 0.3) is 10.9 Å². The van der Waals surface area contributed by atoms with E-state index in [1.54, 1.807) is 6.07 Å². The van der Waals surface area contributed by atoms with Gasteiger partial charge in [0.25, 0.3) is 0 Å². The molecule has 1 aliphatic carbocycles. The van der Waals surface area contributed by atoms with Gasteiger partial charge in [-0.15, -0.1) is 0 Å². The van der Waals surface area contributed by atoms with Gasteiger partial charge in [0.05, 0.1) is 5.52 Å². The zero-order chi connectivity index (χ0) is 12.7. The van der Waals surface area contributed by atoms with Crippen LogP contribution in [0.3, 0.4) is 0 Å². The van der Waals surface area contributed by atoms with Crippen molar-refractivity contribution in [3.8, 4) is 0 Å². The molecule has 1 N–H and O–H groups in total. The Morgan fingerprint density at radius 3 is 3.06 bits per heavy atom. The number of hydrogen-bond acceptors (Lipinski definition) is 1. The lowest BCUT2D eigenvalue weighted by molar-refractivity contribution is 0.505. The highest BCUT2D eigenvalue weighted by Crippen LogP contribution is 2.38. The summed E-state index contributed by atoms with van der Waals surface area (Å²) in [5.41, 5.74) is 3.46. The van der Waals surface area contributed by atoms with Crippen molar-refractivity contribution in [2.75, 3.05) is 13.6 Å². The summed E-state index contributed by atoms with van der Waals surface area (Å²) < 4.78 is 16.1. The Balaban J connectivity index is 2.27. The molecule has 96 valence electrons. The molecular formula is C15H19FN2. The molecule has 0 aliphatic heterocycles. The minimum Gasteiger partial charge on any atom is -0.345 e. The van der Waals surface area contributed by atoms with Crippen LogP contribution >= 0.6 is 0 Å². The highest BCUT2D eigenvalue weighted by molar-refractivity contribution is 5.86. The largest absolute Gasteiger partial charge is 0.345 e. The van der Waals surface area contributed by atoms with Gasteiger partial charge in [0.2, 0.25) is 0 Å². The number of fused-ring (bicyclic) bond motifs is 3. The maximum atomic E-state index is 14.0. The van der Waals surface area contributed by atoms with Gasteiger partial charge in [-0.25, -0.2) is 4.39 Å². The number of para-hydroxylation sites is 1. The van der Waals surface area contributed by atoms with Crippen LogP contribution in [0.15, 0.2) is 18.2 Å². The summed E-state index contributed by atoms with van der Waals surface area (Å²) in [6.07, 6.45) is 3.48. The average Bonchev–Trinajstić information content (AvgIpc) is 2.66. The van der Waals surface area contributed by atoms with E-state index in [0.29, 0.717) is 5.92 Å². The van der Waals surface area contributed by atoms with Crippen molar-refractivity contribution >= 4 is 10.9 Å². The lowest BCUT2D eigenvalue weighted by Crippen LogP contribution is -2.22. The summed E-state index contributed by atoms with van der Waals surface area (Å²) in [5, 5.41) is 4.36. The number of likely N-dealkylation sites (N-methyl/N-ethyl adjacent to an activating group) is 1. The topological polar surface area (TPSA) is 17.0 Å². The number of hydrogen-bond donors (Lipinski definition) is 1. The molecular weight excluding hydrogens is 227 g/mol. The Morgan fingerprint density at radius 2 is 2.28 bits per heavy atom. The molecule has 2 aromatic rings.